The minimum atomic E-state index is -0.0480. The first-order valence-corrected chi connectivity index (χ1v) is 11.8. The van der Waals surface area contributed by atoms with Crippen LogP contribution in [-0.4, -0.2) is 35.0 Å². The number of amides is 2. The van der Waals surface area contributed by atoms with Gasteiger partial charge < -0.3 is 14.3 Å². The van der Waals surface area contributed by atoms with E-state index in [1.807, 2.05) is 34.1 Å². The molecule has 4 rings (SSSR count). The van der Waals surface area contributed by atoms with Gasteiger partial charge >= 0.3 is 0 Å². The number of hydrogen-bond acceptors (Lipinski definition) is 4. The molecule has 0 radical (unpaired) electrons. The highest BCUT2D eigenvalue weighted by Crippen LogP contribution is 2.28. The van der Waals surface area contributed by atoms with Crippen LogP contribution >= 0.6 is 0 Å². The fourth-order valence-electron chi connectivity index (χ4n) is 4.80. The Labute approximate surface area is 184 Å². The number of anilines is 1. The minimum absolute atomic E-state index is 0.0456. The number of para-hydroxylation sites is 1. The van der Waals surface area contributed by atoms with Crippen LogP contribution in [0.4, 0.5) is 5.69 Å². The zero-order chi connectivity index (χ0) is 21.6. The van der Waals surface area contributed by atoms with Crippen molar-refractivity contribution in [2.45, 2.75) is 77.7 Å². The Morgan fingerprint density at radius 1 is 0.903 bits per heavy atom. The van der Waals surface area contributed by atoms with E-state index < -0.39 is 0 Å². The van der Waals surface area contributed by atoms with Crippen molar-refractivity contribution in [1.82, 2.24) is 10.1 Å². The molecule has 0 N–H and O–H groups in total. The van der Waals surface area contributed by atoms with Crippen molar-refractivity contribution in [3.8, 4) is 0 Å². The summed E-state index contributed by atoms with van der Waals surface area (Å²) in [5.74, 6) is 0.885. The number of benzene rings is 1. The quantitative estimate of drug-likeness (QED) is 0.612. The Morgan fingerprint density at radius 3 is 2.45 bits per heavy atom. The normalized spacial score (nSPS) is 18.2. The van der Waals surface area contributed by atoms with E-state index in [-0.39, 0.29) is 11.8 Å². The first-order chi connectivity index (χ1) is 15.1. The Hall–Kier alpha value is -2.63. The summed E-state index contributed by atoms with van der Waals surface area (Å²) in [5, 5.41) is 4.21. The van der Waals surface area contributed by atoms with E-state index in [1.165, 1.54) is 0 Å². The second-order valence-electron chi connectivity index (χ2n) is 8.79. The lowest BCUT2D eigenvalue weighted by atomic mass is 10.0. The Balaban J connectivity index is 1.65. The van der Waals surface area contributed by atoms with Crippen LogP contribution in [0.25, 0.3) is 0 Å². The van der Waals surface area contributed by atoms with E-state index in [0.717, 1.165) is 93.3 Å². The summed E-state index contributed by atoms with van der Waals surface area (Å²) < 4.78 is 5.58. The molecule has 0 saturated heterocycles. The van der Waals surface area contributed by atoms with Crippen LogP contribution in [0.5, 0.6) is 0 Å². The molecule has 6 heteroatoms. The molecular weight excluding hydrogens is 390 g/mol. The molecule has 2 aliphatic rings. The molecule has 2 amide bonds. The molecule has 0 bridgehead atoms. The highest BCUT2D eigenvalue weighted by atomic mass is 16.5. The maximum atomic E-state index is 13.6. The van der Waals surface area contributed by atoms with Gasteiger partial charge in [-0.25, -0.2) is 0 Å². The number of carbonyl (C=O) groups excluding carboxylic acids is 2. The van der Waals surface area contributed by atoms with Crippen LogP contribution in [0.3, 0.4) is 0 Å². The van der Waals surface area contributed by atoms with Gasteiger partial charge in [-0.3, -0.25) is 9.59 Å². The Kier molecular flexibility index (Phi) is 7.05. The van der Waals surface area contributed by atoms with Gasteiger partial charge in [-0.05, 0) is 43.7 Å². The van der Waals surface area contributed by atoms with Gasteiger partial charge in [0.1, 0.15) is 5.76 Å². The summed E-state index contributed by atoms with van der Waals surface area (Å²) in [4.78, 5) is 29.8. The van der Waals surface area contributed by atoms with Crippen molar-refractivity contribution in [2.24, 2.45) is 0 Å². The molecule has 1 aliphatic heterocycles. The van der Waals surface area contributed by atoms with Crippen molar-refractivity contribution in [1.29, 1.82) is 0 Å². The molecule has 0 unspecified atom stereocenters. The third kappa shape index (κ3) is 5.00. The molecule has 0 fully saturated rings. The average molecular weight is 424 g/mol. The number of aromatic nitrogens is 1. The van der Waals surface area contributed by atoms with Crippen LogP contribution in [0.15, 0.2) is 28.8 Å². The van der Waals surface area contributed by atoms with E-state index >= 15 is 0 Å². The number of carbonyl (C=O) groups is 2. The largest absolute Gasteiger partial charge is 0.360 e. The third-order valence-corrected chi connectivity index (χ3v) is 6.52. The highest BCUT2D eigenvalue weighted by Gasteiger charge is 2.28. The number of fused-ring (bicyclic) bond motifs is 2. The summed E-state index contributed by atoms with van der Waals surface area (Å²) in [5.41, 5.74) is 3.41. The predicted molar refractivity (Wildman–Crippen MR) is 120 cm³/mol. The van der Waals surface area contributed by atoms with Crippen molar-refractivity contribution in [3.05, 3.63) is 46.8 Å². The predicted octanol–water partition coefficient (Wildman–Crippen LogP) is 4.90. The van der Waals surface area contributed by atoms with Crippen LogP contribution in [0, 0.1) is 0 Å². The van der Waals surface area contributed by atoms with Crippen LogP contribution in [-0.2, 0) is 24.2 Å². The molecule has 1 aromatic carbocycles. The molecule has 0 saturated carbocycles. The van der Waals surface area contributed by atoms with Crippen molar-refractivity contribution in [3.63, 3.8) is 0 Å². The van der Waals surface area contributed by atoms with E-state index in [4.69, 9.17) is 4.52 Å². The van der Waals surface area contributed by atoms with Gasteiger partial charge in [0, 0.05) is 44.2 Å². The first-order valence-electron chi connectivity index (χ1n) is 11.8. The fraction of sp³-hybridized carbons (Fsp3) is 0.560. The average Bonchev–Trinajstić information content (AvgIpc) is 3.01. The van der Waals surface area contributed by atoms with Crippen molar-refractivity contribution in [2.75, 3.05) is 18.0 Å². The van der Waals surface area contributed by atoms with Crippen molar-refractivity contribution < 1.29 is 14.1 Å². The van der Waals surface area contributed by atoms with E-state index in [0.29, 0.717) is 18.8 Å². The summed E-state index contributed by atoms with van der Waals surface area (Å²) in [6.45, 7) is 3.50. The van der Waals surface area contributed by atoms with Crippen LogP contribution in [0.2, 0.25) is 0 Å². The molecule has 0 spiro atoms. The lowest BCUT2D eigenvalue weighted by Crippen LogP contribution is -2.35. The van der Waals surface area contributed by atoms with Crippen LogP contribution in [0.1, 0.15) is 85.7 Å². The topological polar surface area (TPSA) is 66.7 Å². The maximum absolute atomic E-state index is 13.6. The van der Waals surface area contributed by atoms with E-state index in [1.54, 1.807) is 6.92 Å². The molecular formula is C25H33N3O3. The zero-order valence-corrected chi connectivity index (χ0v) is 18.6. The minimum Gasteiger partial charge on any atom is -0.360 e. The van der Waals surface area contributed by atoms with E-state index in [9.17, 15) is 9.59 Å². The zero-order valence-electron chi connectivity index (χ0n) is 18.6. The second kappa shape index (κ2) is 10.1. The molecule has 31 heavy (non-hydrogen) atoms. The second-order valence-corrected chi connectivity index (χ2v) is 8.79. The Morgan fingerprint density at radius 2 is 1.61 bits per heavy atom. The monoisotopic (exact) mass is 423 g/mol. The van der Waals surface area contributed by atoms with Gasteiger partial charge in [-0.15, -0.1) is 0 Å². The SMILES string of the molecule is CC(=O)N1CCCCCCCN(C(=O)c2noc3c2CCCCC3)Cc2ccccc21. The highest BCUT2D eigenvalue weighted by molar-refractivity contribution is 5.95. The number of nitrogens with zero attached hydrogens (tertiary/aromatic N) is 3. The third-order valence-electron chi connectivity index (χ3n) is 6.52. The van der Waals surface area contributed by atoms with Gasteiger partial charge in [0.05, 0.1) is 0 Å². The molecule has 2 heterocycles. The fourth-order valence-corrected chi connectivity index (χ4v) is 4.80. The summed E-state index contributed by atoms with van der Waals surface area (Å²) >= 11 is 0. The van der Waals surface area contributed by atoms with Crippen LogP contribution < -0.4 is 4.90 Å². The molecule has 2 aromatic rings. The van der Waals surface area contributed by atoms with Gasteiger partial charge in [0.15, 0.2) is 5.69 Å². The molecule has 166 valence electrons. The standard InChI is InChI=1S/C25H33N3O3/c1-19(29)28-17-11-4-2-3-10-16-27(18-20-12-8-9-14-22(20)28)25(30)24-21-13-6-5-7-15-23(21)31-26-24/h8-9,12,14H,2-7,10-11,13,15-18H2,1H3. The van der Waals surface area contributed by atoms with Gasteiger partial charge in [0.2, 0.25) is 5.91 Å². The van der Waals surface area contributed by atoms with Gasteiger partial charge in [-0.2, -0.15) is 0 Å². The first kappa shape index (κ1) is 21.6. The summed E-state index contributed by atoms with van der Waals surface area (Å²) in [6, 6.07) is 7.96. The molecule has 1 aromatic heterocycles. The summed E-state index contributed by atoms with van der Waals surface area (Å²) in [7, 11) is 0. The molecule has 0 atom stereocenters. The van der Waals surface area contributed by atoms with Gasteiger partial charge in [0.25, 0.3) is 5.91 Å². The number of hydrogen-bond donors (Lipinski definition) is 0. The van der Waals surface area contributed by atoms with E-state index in [2.05, 4.69) is 5.16 Å². The smallest absolute Gasteiger partial charge is 0.276 e. The maximum Gasteiger partial charge on any atom is 0.276 e. The molecule has 6 nitrogen and oxygen atoms in total. The summed E-state index contributed by atoms with van der Waals surface area (Å²) in [6.07, 6.45) is 10.3. The van der Waals surface area contributed by atoms with Gasteiger partial charge in [-0.1, -0.05) is 49.0 Å². The molecule has 1 aliphatic carbocycles. The number of aryl methyl sites for hydroxylation is 1. The lowest BCUT2D eigenvalue weighted by Gasteiger charge is -2.28. The lowest BCUT2D eigenvalue weighted by molar-refractivity contribution is -0.116. The van der Waals surface area contributed by atoms with Crippen molar-refractivity contribution >= 4 is 17.5 Å². The number of rotatable bonds is 1. The Bertz CT molecular complexity index is 920.